The molecular formula is C17H14BrIO4. The summed E-state index contributed by atoms with van der Waals surface area (Å²) >= 11 is 5.30. The number of phenols is 1. The first-order valence-corrected chi connectivity index (χ1v) is 8.46. The average molecular weight is 489 g/mol. The van der Waals surface area contributed by atoms with E-state index in [1.165, 1.54) is 6.08 Å². The number of halogens is 2. The molecule has 2 aromatic rings. The molecule has 0 radical (unpaired) electrons. The molecule has 0 saturated carbocycles. The number of hydrogen-bond acceptors (Lipinski definition) is 4. The van der Waals surface area contributed by atoms with E-state index in [2.05, 4.69) is 15.9 Å². The van der Waals surface area contributed by atoms with Gasteiger partial charge in [0, 0.05) is 4.47 Å². The summed E-state index contributed by atoms with van der Waals surface area (Å²) in [6.45, 7) is 0. The van der Waals surface area contributed by atoms with Gasteiger partial charge < -0.3 is 14.6 Å². The molecule has 6 heteroatoms. The molecule has 0 aromatic heterocycles. The highest BCUT2D eigenvalue weighted by atomic mass is 127. The third-order valence-corrected chi connectivity index (χ3v) is 4.41. The number of carbonyl (C=O) groups excluding carboxylic acids is 1. The Kier molecular flexibility index (Phi) is 6.06. The van der Waals surface area contributed by atoms with E-state index in [1.807, 2.05) is 28.7 Å². The Morgan fingerprint density at radius 2 is 1.87 bits per heavy atom. The van der Waals surface area contributed by atoms with Gasteiger partial charge in [0.05, 0.1) is 23.4 Å². The van der Waals surface area contributed by atoms with Crippen molar-refractivity contribution >= 4 is 50.4 Å². The molecule has 120 valence electrons. The van der Waals surface area contributed by atoms with Crippen LogP contribution < -0.4 is 9.47 Å². The van der Waals surface area contributed by atoms with Crippen molar-refractivity contribution in [2.75, 3.05) is 14.2 Å². The summed E-state index contributed by atoms with van der Waals surface area (Å²) < 4.78 is 11.8. The second-order valence-electron chi connectivity index (χ2n) is 4.60. The van der Waals surface area contributed by atoms with Gasteiger partial charge in [0.2, 0.25) is 0 Å². The third kappa shape index (κ3) is 4.26. The number of hydrogen-bond donors (Lipinski definition) is 1. The second-order valence-corrected chi connectivity index (χ2v) is 6.67. The lowest BCUT2D eigenvalue weighted by Gasteiger charge is -2.07. The van der Waals surface area contributed by atoms with Gasteiger partial charge in [-0.2, -0.15) is 0 Å². The zero-order chi connectivity index (χ0) is 17.0. The molecule has 0 fully saturated rings. The lowest BCUT2D eigenvalue weighted by atomic mass is 10.1. The third-order valence-electron chi connectivity index (χ3n) is 3.13. The first kappa shape index (κ1) is 17.8. The molecule has 0 aliphatic carbocycles. The van der Waals surface area contributed by atoms with Crippen molar-refractivity contribution in [2.24, 2.45) is 0 Å². The molecule has 2 aromatic carbocycles. The Balaban J connectivity index is 2.28. The lowest BCUT2D eigenvalue weighted by Crippen LogP contribution is -1.97. The van der Waals surface area contributed by atoms with E-state index in [-0.39, 0.29) is 17.1 Å². The van der Waals surface area contributed by atoms with Gasteiger partial charge in [-0.25, -0.2) is 0 Å². The number of carbonyl (C=O) groups is 1. The van der Waals surface area contributed by atoms with E-state index < -0.39 is 0 Å². The van der Waals surface area contributed by atoms with E-state index >= 15 is 0 Å². The van der Waals surface area contributed by atoms with Gasteiger partial charge in [0.25, 0.3) is 0 Å². The summed E-state index contributed by atoms with van der Waals surface area (Å²) in [7, 11) is 3.12. The van der Waals surface area contributed by atoms with Crippen molar-refractivity contribution in [3.05, 3.63) is 55.6 Å². The molecule has 23 heavy (non-hydrogen) atoms. The van der Waals surface area contributed by atoms with Crippen LogP contribution in [-0.2, 0) is 0 Å². The number of allylic oxidation sites excluding steroid dienone is 1. The van der Waals surface area contributed by atoms with Crippen molar-refractivity contribution in [1.29, 1.82) is 0 Å². The fourth-order valence-electron chi connectivity index (χ4n) is 1.97. The Morgan fingerprint density at radius 3 is 2.52 bits per heavy atom. The number of aromatic hydroxyl groups is 1. The normalized spacial score (nSPS) is 10.8. The van der Waals surface area contributed by atoms with E-state index in [1.54, 1.807) is 44.6 Å². The van der Waals surface area contributed by atoms with Gasteiger partial charge in [-0.05, 0) is 58.5 Å². The van der Waals surface area contributed by atoms with Crippen molar-refractivity contribution < 1.29 is 19.4 Å². The maximum absolute atomic E-state index is 12.3. The van der Waals surface area contributed by atoms with E-state index in [9.17, 15) is 9.90 Å². The summed E-state index contributed by atoms with van der Waals surface area (Å²) in [6, 6.07) is 8.69. The van der Waals surface area contributed by atoms with Crippen LogP contribution in [0.5, 0.6) is 17.2 Å². The summed E-state index contributed by atoms with van der Waals surface area (Å²) in [6.07, 6.45) is 3.08. The molecular weight excluding hydrogens is 475 g/mol. The minimum Gasteiger partial charge on any atom is -0.506 e. The minimum atomic E-state index is -0.281. The fourth-order valence-corrected chi connectivity index (χ4v) is 3.48. The van der Waals surface area contributed by atoms with Crippen LogP contribution in [0, 0.1) is 3.57 Å². The molecule has 2 rings (SSSR count). The van der Waals surface area contributed by atoms with Gasteiger partial charge in [0.1, 0.15) is 5.75 Å². The molecule has 4 nitrogen and oxygen atoms in total. The summed E-state index contributed by atoms with van der Waals surface area (Å²) in [4.78, 5) is 12.3. The molecule has 0 aliphatic rings. The fraction of sp³-hybridized carbons (Fsp3) is 0.118. The lowest BCUT2D eigenvalue weighted by molar-refractivity contribution is 0.104. The Hall–Kier alpha value is -1.54. The smallest absolute Gasteiger partial charge is 0.189 e. The number of ketones is 1. The number of rotatable bonds is 5. The molecule has 0 bridgehead atoms. The van der Waals surface area contributed by atoms with Gasteiger partial charge in [-0.1, -0.05) is 28.1 Å². The Morgan fingerprint density at radius 1 is 1.17 bits per heavy atom. The highest BCUT2D eigenvalue weighted by Gasteiger charge is 2.12. The first-order chi connectivity index (χ1) is 11.0. The van der Waals surface area contributed by atoms with Crippen LogP contribution in [0.3, 0.4) is 0 Å². The molecule has 0 atom stereocenters. The summed E-state index contributed by atoms with van der Waals surface area (Å²) in [5.74, 6) is 0.907. The van der Waals surface area contributed by atoms with Gasteiger partial charge in [-0.15, -0.1) is 0 Å². The highest BCUT2D eigenvalue weighted by molar-refractivity contribution is 14.1. The molecule has 0 saturated heterocycles. The van der Waals surface area contributed by atoms with E-state index in [0.29, 0.717) is 15.1 Å². The molecule has 0 amide bonds. The topological polar surface area (TPSA) is 55.8 Å². The quantitative estimate of drug-likeness (QED) is 0.377. The molecule has 0 spiro atoms. The largest absolute Gasteiger partial charge is 0.506 e. The predicted molar refractivity (Wildman–Crippen MR) is 101 cm³/mol. The van der Waals surface area contributed by atoms with E-state index in [4.69, 9.17) is 9.47 Å². The van der Waals surface area contributed by atoms with Crippen molar-refractivity contribution in [3.63, 3.8) is 0 Å². The van der Waals surface area contributed by atoms with Crippen LogP contribution >= 0.6 is 38.5 Å². The Bertz CT molecular complexity index is 771. The summed E-state index contributed by atoms with van der Waals surface area (Å²) in [5.41, 5.74) is 1.04. The van der Waals surface area contributed by atoms with Gasteiger partial charge in [-0.3, -0.25) is 4.79 Å². The van der Waals surface area contributed by atoms with Crippen LogP contribution in [-0.4, -0.2) is 25.1 Å². The molecule has 0 heterocycles. The zero-order valence-electron chi connectivity index (χ0n) is 12.5. The average Bonchev–Trinajstić information content (AvgIpc) is 2.55. The van der Waals surface area contributed by atoms with Crippen LogP contribution in [0.2, 0.25) is 0 Å². The number of ether oxygens (including phenoxy) is 2. The number of benzene rings is 2. The van der Waals surface area contributed by atoms with Crippen LogP contribution in [0.25, 0.3) is 6.08 Å². The second kappa shape index (κ2) is 7.83. The zero-order valence-corrected chi connectivity index (χ0v) is 16.2. The SMILES string of the molecule is COc1ccc(/C=C/C(=O)c2cc(Br)cc(I)c2O)cc1OC. The minimum absolute atomic E-state index is 0.0178. The van der Waals surface area contributed by atoms with Crippen molar-refractivity contribution in [3.8, 4) is 17.2 Å². The van der Waals surface area contributed by atoms with Crippen LogP contribution in [0.1, 0.15) is 15.9 Å². The highest BCUT2D eigenvalue weighted by Crippen LogP contribution is 2.30. The Labute approximate surface area is 156 Å². The van der Waals surface area contributed by atoms with Crippen molar-refractivity contribution in [2.45, 2.75) is 0 Å². The molecule has 0 aliphatic heterocycles. The molecule has 0 unspecified atom stereocenters. The monoisotopic (exact) mass is 488 g/mol. The summed E-state index contributed by atoms with van der Waals surface area (Å²) in [5, 5.41) is 10.0. The van der Waals surface area contributed by atoms with Crippen LogP contribution in [0.4, 0.5) is 0 Å². The van der Waals surface area contributed by atoms with Gasteiger partial charge in [0.15, 0.2) is 17.3 Å². The van der Waals surface area contributed by atoms with E-state index in [0.717, 1.165) is 10.0 Å². The number of phenolic OH excluding ortho intramolecular Hbond substituents is 1. The molecule has 1 N–H and O–H groups in total. The number of methoxy groups -OCH3 is 2. The van der Waals surface area contributed by atoms with Crippen LogP contribution in [0.15, 0.2) is 40.9 Å². The van der Waals surface area contributed by atoms with Gasteiger partial charge >= 0.3 is 0 Å². The standard InChI is InChI=1S/C17H14BrIO4/c1-22-15-6-4-10(7-16(15)23-2)3-5-14(20)12-8-11(18)9-13(19)17(12)21/h3-9,21H,1-2H3/b5-3+. The maximum Gasteiger partial charge on any atom is 0.189 e. The predicted octanol–water partition coefficient (Wildman–Crippen LogP) is 4.67. The maximum atomic E-state index is 12.3. The van der Waals surface area contributed by atoms with Crippen molar-refractivity contribution in [1.82, 2.24) is 0 Å². The first-order valence-electron chi connectivity index (χ1n) is 6.58.